The molecule has 0 saturated carbocycles. The number of hydrogen-bond acceptors (Lipinski definition) is 4. The van der Waals surface area contributed by atoms with Crippen molar-refractivity contribution >= 4 is 16.7 Å². The molecule has 4 aromatic rings. The van der Waals surface area contributed by atoms with Crippen molar-refractivity contribution in [2.45, 2.75) is 117 Å². The molecule has 4 nitrogen and oxygen atoms in total. The SMILES string of the molecule is CCCCCCCCCCCCOc1ccc(-c2ccc(COc3ccc4cc([C@H](C)C(=O)OCCCCC)ccc4c3)cc2)cc1. The lowest BCUT2D eigenvalue weighted by atomic mass is 9.98. The molecule has 0 spiro atoms. The van der Waals surface area contributed by atoms with E-state index in [1.165, 1.54) is 68.9 Å². The molecule has 47 heavy (non-hydrogen) atoms. The average molecular weight is 637 g/mol. The highest BCUT2D eigenvalue weighted by Crippen LogP contribution is 2.27. The molecule has 4 heteroatoms. The van der Waals surface area contributed by atoms with Crippen LogP contribution >= 0.6 is 0 Å². The van der Waals surface area contributed by atoms with E-state index >= 15 is 0 Å². The molecule has 0 saturated heterocycles. The predicted octanol–water partition coefficient (Wildman–Crippen LogP) is 12.2. The minimum atomic E-state index is -0.287. The zero-order valence-electron chi connectivity index (χ0n) is 29.1. The van der Waals surface area contributed by atoms with Gasteiger partial charge in [-0.3, -0.25) is 4.79 Å². The van der Waals surface area contributed by atoms with Crippen LogP contribution in [0.3, 0.4) is 0 Å². The number of hydrogen-bond donors (Lipinski definition) is 0. The van der Waals surface area contributed by atoms with Gasteiger partial charge in [-0.05, 0) is 77.1 Å². The van der Waals surface area contributed by atoms with Crippen molar-refractivity contribution in [3.05, 3.63) is 96.1 Å². The van der Waals surface area contributed by atoms with Gasteiger partial charge in [-0.15, -0.1) is 0 Å². The van der Waals surface area contributed by atoms with E-state index in [9.17, 15) is 4.79 Å². The summed E-state index contributed by atoms with van der Waals surface area (Å²) >= 11 is 0. The summed E-state index contributed by atoms with van der Waals surface area (Å²) in [6.07, 6.45) is 16.5. The van der Waals surface area contributed by atoms with E-state index in [2.05, 4.69) is 86.6 Å². The van der Waals surface area contributed by atoms with E-state index in [-0.39, 0.29) is 11.9 Å². The molecular formula is C43H56O4. The van der Waals surface area contributed by atoms with Crippen LogP contribution in [0, 0.1) is 0 Å². The monoisotopic (exact) mass is 636 g/mol. The van der Waals surface area contributed by atoms with Gasteiger partial charge in [-0.1, -0.05) is 145 Å². The van der Waals surface area contributed by atoms with Crippen LogP contribution in [0.1, 0.15) is 121 Å². The molecule has 0 radical (unpaired) electrons. The predicted molar refractivity (Wildman–Crippen MR) is 196 cm³/mol. The first-order valence-corrected chi connectivity index (χ1v) is 18.2. The second kappa shape index (κ2) is 20.4. The fourth-order valence-electron chi connectivity index (χ4n) is 5.87. The number of carbonyl (C=O) groups is 1. The number of benzene rings is 4. The zero-order valence-corrected chi connectivity index (χ0v) is 29.1. The third-order valence-electron chi connectivity index (χ3n) is 9.00. The highest BCUT2D eigenvalue weighted by Gasteiger charge is 2.17. The molecule has 4 rings (SSSR count). The Bertz CT molecular complexity index is 1460. The second-order valence-electron chi connectivity index (χ2n) is 12.9. The Morgan fingerprint density at radius 1 is 0.553 bits per heavy atom. The smallest absolute Gasteiger partial charge is 0.313 e. The van der Waals surface area contributed by atoms with Gasteiger partial charge in [0.15, 0.2) is 0 Å². The number of ether oxygens (including phenoxy) is 3. The Kier molecular flexibility index (Phi) is 15.7. The Hall–Kier alpha value is -3.79. The van der Waals surface area contributed by atoms with E-state index in [1.54, 1.807) is 0 Å². The van der Waals surface area contributed by atoms with E-state index in [4.69, 9.17) is 14.2 Å². The number of carbonyl (C=O) groups excluding carboxylic acids is 1. The summed E-state index contributed by atoms with van der Waals surface area (Å²) in [6.45, 7) is 8.11. The Balaban J connectivity index is 1.17. The third-order valence-corrected chi connectivity index (χ3v) is 9.00. The van der Waals surface area contributed by atoms with Gasteiger partial charge in [-0.2, -0.15) is 0 Å². The molecule has 0 aliphatic heterocycles. The fourth-order valence-corrected chi connectivity index (χ4v) is 5.87. The molecule has 0 fully saturated rings. The Labute approximate surface area is 283 Å². The third kappa shape index (κ3) is 12.4. The van der Waals surface area contributed by atoms with Crippen LogP contribution in [0.2, 0.25) is 0 Å². The van der Waals surface area contributed by atoms with Crippen LogP contribution in [0.25, 0.3) is 21.9 Å². The molecule has 4 aromatic carbocycles. The van der Waals surface area contributed by atoms with Crippen molar-refractivity contribution in [1.29, 1.82) is 0 Å². The van der Waals surface area contributed by atoms with Crippen LogP contribution in [0.15, 0.2) is 84.9 Å². The topological polar surface area (TPSA) is 44.8 Å². The summed E-state index contributed by atoms with van der Waals surface area (Å²) in [6, 6.07) is 29.2. The van der Waals surface area contributed by atoms with Crippen molar-refractivity contribution in [3.63, 3.8) is 0 Å². The quantitative estimate of drug-likeness (QED) is 0.0636. The van der Waals surface area contributed by atoms with E-state index < -0.39 is 0 Å². The summed E-state index contributed by atoms with van der Waals surface area (Å²) in [5.74, 6) is 1.32. The largest absolute Gasteiger partial charge is 0.494 e. The second-order valence-corrected chi connectivity index (χ2v) is 12.9. The van der Waals surface area contributed by atoms with Crippen molar-refractivity contribution in [3.8, 4) is 22.6 Å². The van der Waals surface area contributed by atoms with Crippen molar-refractivity contribution < 1.29 is 19.0 Å². The van der Waals surface area contributed by atoms with Gasteiger partial charge < -0.3 is 14.2 Å². The molecular weight excluding hydrogens is 580 g/mol. The molecule has 252 valence electrons. The number of fused-ring (bicyclic) bond motifs is 1. The van der Waals surface area contributed by atoms with Gasteiger partial charge in [0.05, 0.1) is 19.1 Å². The number of unbranched alkanes of at least 4 members (excludes halogenated alkanes) is 11. The number of rotatable bonds is 22. The molecule has 0 aromatic heterocycles. The summed E-state index contributed by atoms with van der Waals surface area (Å²) in [5, 5.41) is 2.17. The summed E-state index contributed by atoms with van der Waals surface area (Å²) in [5.41, 5.74) is 4.44. The first-order chi connectivity index (χ1) is 23.1. The van der Waals surface area contributed by atoms with Crippen LogP contribution < -0.4 is 9.47 Å². The lowest BCUT2D eigenvalue weighted by molar-refractivity contribution is -0.145. The minimum absolute atomic E-state index is 0.160. The fraction of sp³-hybridized carbons (Fsp3) is 0.465. The Morgan fingerprint density at radius 3 is 1.77 bits per heavy atom. The number of esters is 1. The molecule has 1 atom stereocenters. The van der Waals surface area contributed by atoms with Crippen molar-refractivity contribution in [1.82, 2.24) is 0 Å². The molecule has 0 heterocycles. The van der Waals surface area contributed by atoms with Crippen LogP contribution in [-0.2, 0) is 16.1 Å². The standard InChI is InChI=1S/C43H56O4/c1-4-6-8-9-10-11-12-13-14-16-29-45-41-26-23-37(24-27-41)36-19-17-35(18-20-36)33-47-42-28-25-39-31-38(21-22-40(39)32-42)34(3)43(44)46-30-15-7-5-2/h17-28,31-32,34H,4-16,29-30,33H2,1-3H3/t34-/m0/s1. The molecule has 0 N–H and O–H groups in total. The highest BCUT2D eigenvalue weighted by molar-refractivity contribution is 5.86. The first-order valence-electron chi connectivity index (χ1n) is 18.2. The van der Waals surface area contributed by atoms with Crippen LogP contribution in [-0.4, -0.2) is 19.2 Å². The molecule has 0 unspecified atom stereocenters. The van der Waals surface area contributed by atoms with E-state index in [0.29, 0.717) is 13.2 Å². The highest BCUT2D eigenvalue weighted by atomic mass is 16.5. The van der Waals surface area contributed by atoms with Gasteiger partial charge in [0.1, 0.15) is 18.1 Å². The van der Waals surface area contributed by atoms with E-state index in [0.717, 1.165) is 65.7 Å². The van der Waals surface area contributed by atoms with Gasteiger partial charge in [0.2, 0.25) is 0 Å². The van der Waals surface area contributed by atoms with Gasteiger partial charge in [-0.25, -0.2) is 0 Å². The van der Waals surface area contributed by atoms with Gasteiger partial charge in [0, 0.05) is 0 Å². The molecule has 0 aliphatic rings. The maximum absolute atomic E-state index is 12.5. The van der Waals surface area contributed by atoms with Crippen molar-refractivity contribution in [2.24, 2.45) is 0 Å². The average Bonchev–Trinajstić information content (AvgIpc) is 3.11. The molecule has 0 aliphatic carbocycles. The summed E-state index contributed by atoms with van der Waals surface area (Å²) in [7, 11) is 0. The summed E-state index contributed by atoms with van der Waals surface area (Å²) in [4.78, 5) is 12.5. The summed E-state index contributed by atoms with van der Waals surface area (Å²) < 4.78 is 17.6. The lowest BCUT2D eigenvalue weighted by Gasteiger charge is -2.13. The van der Waals surface area contributed by atoms with Gasteiger partial charge >= 0.3 is 5.97 Å². The van der Waals surface area contributed by atoms with Crippen LogP contribution in [0.4, 0.5) is 0 Å². The zero-order chi connectivity index (χ0) is 33.1. The van der Waals surface area contributed by atoms with Crippen LogP contribution in [0.5, 0.6) is 11.5 Å². The minimum Gasteiger partial charge on any atom is -0.494 e. The molecule has 0 amide bonds. The first kappa shape index (κ1) is 36.1. The molecule has 0 bridgehead atoms. The van der Waals surface area contributed by atoms with Gasteiger partial charge in [0.25, 0.3) is 0 Å². The van der Waals surface area contributed by atoms with Crippen molar-refractivity contribution in [2.75, 3.05) is 13.2 Å². The Morgan fingerprint density at radius 2 is 1.09 bits per heavy atom. The maximum atomic E-state index is 12.5. The normalized spacial score (nSPS) is 11.8. The maximum Gasteiger partial charge on any atom is 0.313 e. The van der Waals surface area contributed by atoms with E-state index in [1.807, 2.05) is 19.1 Å². The lowest BCUT2D eigenvalue weighted by Crippen LogP contribution is -2.14.